The van der Waals surface area contributed by atoms with Gasteiger partial charge in [-0.15, -0.1) is 0 Å². The molecule has 29 heavy (non-hydrogen) atoms. The van der Waals surface area contributed by atoms with Crippen molar-refractivity contribution in [2.24, 2.45) is 11.7 Å². The van der Waals surface area contributed by atoms with Gasteiger partial charge in [-0.3, -0.25) is 14.6 Å². The number of carbonyl (C=O) groups is 2. The lowest BCUT2D eigenvalue weighted by atomic mass is 9.98. The molecule has 1 fully saturated rings. The van der Waals surface area contributed by atoms with Gasteiger partial charge in [0, 0.05) is 56.8 Å². The van der Waals surface area contributed by atoms with E-state index in [1.165, 1.54) is 12.3 Å². The molecule has 3 N–H and O–H groups in total. The predicted molar refractivity (Wildman–Crippen MR) is 113 cm³/mol. The van der Waals surface area contributed by atoms with Gasteiger partial charge in [-0.05, 0) is 37.1 Å². The van der Waals surface area contributed by atoms with Gasteiger partial charge < -0.3 is 11.1 Å². The molecule has 2 aromatic heterocycles. The van der Waals surface area contributed by atoms with Crippen molar-refractivity contribution < 1.29 is 9.59 Å². The van der Waals surface area contributed by atoms with E-state index in [2.05, 4.69) is 15.3 Å². The summed E-state index contributed by atoms with van der Waals surface area (Å²) >= 11 is 12.3. The molecule has 6 nitrogen and oxygen atoms in total. The SMILES string of the molecule is NC(=O)c1ccnc(NC(=O)C2CC2)c1-c1cncc(-c2ccc(Cl)cc2Cl)c1. The van der Waals surface area contributed by atoms with Crippen molar-refractivity contribution in [1.29, 1.82) is 0 Å². The van der Waals surface area contributed by atoms with Crippen molar-refractivity contribution in [3.05, 3.63) is 64.5 Å². The molecular formula is C21H16Cl2N4O2. The minimum absolute atomic E-state index is 0.0146. The van der Waals surface area contributed by atoms with E-state index in [1.807, 2.05) is 6.07 Å². The number of aromatic nitrogens is 2. The average molecular weight is 427 g/mol. The Morgan fingerprint density at radius 1 is 1.07 bits per heavy atom. The number of anilines is 1. The zero-order chi connectivity index (χ0) is 20.5. The van der Waals surface area contributed by atoms with Crippen molar-refractivity contribution in [2.45, 2.75) is 12.8 Å². The number of hydrogen-bond donors (Lipinski definition) is 2. The maximum atomic E-state index is 12.3. The first kappa shape index (κ1) is 19.4. The first-order valence-corrected chi connectivity index (χ1v) is 9.70. The molecule has 2 heterocycles. The van der Waals surface area contributed by atoms with E-state index in [0.29, 0.717) is 21.2 Å². The van der Waals surface area contributed by atoms with E-state index in [0.717, 1.165) is 24.0 Å². The summed E-state index contributed by atoms with van der Waals surface area (Å²) in [5.41, 5.74) is 8.29. The number of nitrogens with zero attached hydrogens (tertiary/aromatic N) is 2. The number of halogens is 2. The van der Waals surface area contributed by atoms with Crippen molar-refractivity contribution >= 4 is 40.8 Å². The van der Waals surface area contributed by atoms with Crippen LogP contribution in [0.3, 0.4) is 0 Å². The van der Waals surface area contributed by atoms with E-state index >= 15 is 0 Å². The molecule has 1 aromatic carbocycles. The van der Waals surface area contributed by atoms with Gasteiger partial charge in [0.25, 0.3) is 0 Å². The Labute approximate surface area is 177 Å². The van der Waals surface area contributed by atoms with Crippen LogP contribution in [0.2, 0.25) is 10.0 Å². The van der Waals surface area contributed by atoms with E-state index in [-0.39, 0.29) is 23.2 Å². The molecular weight excluding hydrogens is 411 g/mol. The lowest BCUT2D eigenvalue weighted by Crippen LogP contribution is -2.18. The molecule has 4 rings (SSSR count). The topological polar surface area (TPSA) is 98.0 Å². The Balaban J connectivity index is 1.83. The number of nitrogens with two attached hydrogens (primary N) is 1. The van der Waals surface area contributed by atoms with E-state index in [1.54, 1.807) is 30.6 Å². The van der Waals surface area contributed by atoms with Gasteiger partial charge in [0.1, 0.15) is 5.82 Å². The van der Waals surface area contributed by atoms with Crippen molar-refractivity contribution in [3.8, 4) is 22.3 Å². The molecule has 1 aliphatic rings. The molecule has 146 valence electrons. The molecule has 1 saturated carbocycles. The van der Waals surface area contributed by atoms with Gasteiger partial charge in [-0.25, -0.2) is 4.98 Å². The predicted octanol–water partition coefficient (Wildman–Crippen LogP) is 4.56. The van der Waals surface area contributed by atoms with Gasteiger partial charge in [-0.1, -0.05) is 29.3 Å². The smallest absolute Gasteiger partial charge is 0.249 e. The van der Waals surface area contributed by atoms with E-state index in [9.17, 15) is 9.59 Å². The Morgan fingerprint density at radius 2 is 1.83 bits per heavy atom. The van der Waals surface area contributed by atoms with Crippen molar-refractivity contribution in [3.63, 3.8) is 0 Å². The first-order chi connectivity index (χ1) is 13.9. The summed E-state index contributed by atoms with van der Waals surface area (Å²) in [7, 11) is 0. The standard InChI is InChI=1S/C21H16Cl2N4O2/c22-14-3-4-15(17(23)8-14)12-7-13(10-25-9-12)18-16(19(24)28)5-6-26-20(18)27-21(29)11-1-2-11/h3-11H,1-2H2,(H2,24,28)(H,26,27,29). The van der Waals surface area contributed by atoms with Crippen LogP contribution >= 0.6 is 23.2 Å². The van der Waals surface area contributed by atoms with Crippen LogP contribution in [0.5, 0.6) is 0 Å². The van der Waals surface area contributed by atoms with Crippen molar-refractivity contribution in [2.75, 3.05) is 5.32 Å². The quantitative estimate of drug-likeness (QED) is 0.624. The molecule has 0 radical (unpaired) electrons. The van der Waals surface area contributed by atoms with E-state index < -0.39 is 5.91 Å². The maximum Gasteiger partial charge on any atom is 0.249 e. The first-order valence-electron chi connectivity index (χ1n) is 8.94. The number of pyridine rings is 2. The fourth-order valence-electron chi connectivity index (χ4n) is 3.07. The minimum Gasteiger partial charge on any atom is -0.366 e. The highest BCUT2D eigenvalue weighted by Gasteiger charge is 2.31. The number of amides is 2. The highest BCUT2D eigenvalue weighted by atomic mass is 35.5. The Kier molecular flexibility index (Phi) is 5.22. The maximum absolute atomic E-state index is 12.3. The monoisotopic (exact) mass is 426 g/mol. The number of primary amides is 1. The fraction of sp³-hybridized carbons (Fsp3) is 0.143. The lowest BCUT2D eigenvalue weighted by Gasteiger charge is -2.14. The zero-order valence-corrected chi connectivity index (χ0v) is 16.7. The van der Waals surface area contributed by atoms with Gasteiger partial charge >= 0.3 is 0 Å². The summed E-state index contributed by atoms with van der Waals surface area (Å²) in [4.78, 5) is 32.9. The van der Waals surface area contributed by atoms with Crippen LogP contribution in [0.15, 0.2) is 48.9 Å². The number of benzene rings is 1. The van der Waals surface area contributed by atoms with Crippen LogP contribution in [0.4, 0.5) is 5.82 Å². The zero-order valence-electron chi connectivity index (χ0n) is 15.2. The van der Waals surface area contributed by atoms with Crippen LogP contribution in [-0.2, 0) is 4.79 Å². The largest absolute Gasteiger partial charge is 0.366 e. The Morgan fingerprint density at radius 3 is 2.52 bits per heavy atom. The molecule has 3 aromatic rings. The molecule has 8 heteroatoms. The molecule has 0 bridgehead atoms. The third-order valence-electron chi connectivity index (χ3n) is 4.68. The van der Waals surface area contributed by atoms with Gasteiger partial charge in [0.15, 0.2) is 0 Å². The van der Waals surface area contributed by atoms with E-state index in [4.69, 9.17) is 28.9 Å². The molecule has 2 amide bonds. The summed E-state index contributed by atoms with van der Waals surface area (Å²) in [6, 6.07) is 8.51. The molecule has 0 aliphatic heterocycles. The molecule has 0 unspecified atom stereocenters. The highest BCUT2D eigenvalue weighted by Crippen LogP contribution is 2.36. The summed E-state index contributed by atoms with van der Waals surface area (Å²) in [6.45, 7) is 0. The van der Waals surface area contributed by atoms with Crippen LogP contribution in [0.1, 0.15) is 23.2 Å². The van der Waals surface area contributed by atoms with Crippen LogP contribution in [0, 0.1) is 5.92 Å². The van der Waals surface area contributed by atoms with Crippen LogP contribution in [0.25, 0.3) is 22.3 Å². The normalized spacial score (nSPS) is 13.2. The summed E-state index contributed by atoms with van der Waals surface area (Å²) in [5.74, 6) is -0.483. The summed E-state index contributed by atoms with van der Waals surface area (Å²) in [6.07, 6.45) is 6.38. The average Bonchev–Trinajstić information content (AvgIpc) is 3.53. The van der Waals surface area contributed by atoms with Gasteiger partial charge in [-0.2, -0.15) is 0 Å². The molecule has 1 aliphatic carbocycles. The third kappa shape index (κ3) is 4.09. The molecule has 0 atom stereocenters. The summed E-state index contributed by atoms with van der Waals surface area (Å²) < 4.78 is 0. The number of rotatable bonds is 5. The van der Waals surface area contributed by atoms with Crippen LogP contribution in [-0.4, -0.2) is 21.8 Å². The second-order valence-corrected chi connectivity index (χ2v) is 7.64. The number of carbonyl (C=O) groups excluding carboxylic acids is 2. The van der Waals surface area contributed by atoms with Gasteiger partial charge in [0.2, 0.25) is 11.8 Å². The van der Waals surface area contributed by atoms with Crippen LogP contribution < -0.4 is 11.1 Å². The second-order valence-electron chi connectivity index (χ2n) is 6.80. The Hall–Kier alpha value is -2.96. The lowest BCUT2D eigenvalue weighted by molar-refractivity contribution is -0.117. The number of nitrogens with one attached hydrogen (secondary N) is 1. The third-order valence-corrected chi connectivity index (χ3v) is 5.22. The van der Waals surface area contributed by atoms with Crippen molar-refractivity contribution in [1.82, 2.24) is 9.97 Å². The fourth-order valence-corrected chi connectivity index (χ4v) is 3.58. The highest BCUT2D eigenvalue weighted by molar-refractivity contribution is 6.36. The Bertz CT molecular complexity index is 1130. The molecule has 0 spiro atoms. The molecule has 0 saturated heterocycles. The summed E-state index contributed by atoms with van der Waals surface area (Å²) in [5, 5.41) is 3.81. The number of hydrogen-bond acceptors (Lipinski definition) is 4. The second kappa shape index (κ2) is 7.81. The minimum atomic E-state index is -0.626. The van der Waals surface area contributed by atoms with Gasteiger partial charge in [0.05, 0.1) is 5.56 Å².